The Morgan fingerprint density at radius 1 is 0.988 bits per heavy atom. The first-order valence-corrected chi connectivity index (χ1v) is 30.6. The number of anilines is 3. The van der Waals surface area contributed by atoms with Gasteiger partial charge in [-0.1, -0.05) is 50.2 Å². The van der Waals surface area contributed by atoms with Crippen LogP contribution >= 0.6 is 0 Å². The maximum atomic E-state index is 14.9. The number of nitro groups is 1. The van der Waals surface area contributed by atoms with Gasteiger partial charge in [-0.3, -0.25) is 29.4 Å². The summed E-state index contributed by atoms with van der Waals surface area (Å²) < 4.78 is 79.3. The Morgan fingerprint density at radius 2 is 1.71 bits per heavy atom. The minimum absolute atomic E-state index is 0.0261. The second kappa shape index (κ2) is 22.6. The molecule has 1 spiro atoms. The van der Waals surface area contributed by atoms with E-state index in [1.807, 2.05) is 24.3 Å². The van der Waals surface area contributed by atoms with Crippen molar-refractivity contribution >= 4 is 59.8 Å². The average molecular weight is 1140 g/mol. The van der Waals surface area contributed by atoms with Crippen molar-refractivity contribution < 1.29 is 41.3 Å². The number of nitrogens with zero attached hydrogens (tertiary/aromatic N) is 6. The van der Waals surface area contributed by atoms with E-state index in [9.17, 15) is 37.0 Å². The summed E-state index contributed by atoms with van der Waals surface area (Å²) >= 11 is 0. The van der Waals surface area contributed by atoms with Crippen molar-refractivity contribution in [1.82, 2.24) is 29.5 Å². The number of carbonyl (C=O) groups is 1. The van der Waals surface area contributed by atoms with Gasteiger partial charge in [-0.15, -0.1) is 0 Å². The highest BCUT2D eigenvalue weighted by atomic mass is 32.2. The van der Waals surface area contributed by atoms with Crippen LogP contribution in [0.25, 0.3) is 11.0 Å². The van der Waals surface area contributed by atoms with E-state index in [1.54, 1.807) is 19.1 Å². The molecule has 6 N–H and O–H groups in total. The van der Waals surface area contributed by atoms with Gasteiger partial charge in [0.25, 0.3) is 21.8 Å². The quantitative estimate of drug-likeness (QED) is 0.0346. The second-order valence-electron chi connectivity index (χ2n) is 22.8. The van der Waals surface area contributed by atoms with Gasteiger partial charge < -0.3 is 29.8 Å². The fourth-order valence-electron chi connectivity index (χ4n) is 12.2. The Kier molecular flexibility index (Phi) is 15.9. The number of hydrogen-bond acceptors (Lipinski definition) is 16. The number of methoxy groups -OCH3 is 1. The summed E-state index contributed by atoms with van der Waals surface area (Å²) in [7, 11) is -6.28. The number of rotatable bonds is 18. The number of halogens is 1. The Labute approximate surface area is 466 Å². The lowest BCUT2D eigenvalue weighted by Crippen LogP contribution is -2.60. The van der Waals surface area contributed by atoms with Crippen LogP contribution in [0.2, 0.25) is 0 Å². The molecule has 2 saturated carbocycles. The molecule has 10 rings (SSSR count). The van der Waals surface area contributed by atoms with Crippen LogP contribution in [0.15, 0.2) is 96.2 Å². The fraction of sp³-hybridized carbons (Fsp3) is 0.456. The van der Waals surface area contributed by atoms with E-state index in [0.29, 0.717) is 68.7 Å². The third kappa shape index (κ3) is 12.5. The molecule has 3 aromatic heterocycles. The summed E-state index contributed by atoms with van der Waals surface area (Å²) in [5.41, 5.74) is 4.02. The molecule has 2 saturated heterocycles. The number of benzene rings is 3. The van der Waals surface area contributed by atoms with Gasteiger partial charge in [-0.25, -0.2) is 31.5 Å². The van der Waals surface area contributed by atoms with Crippen molar-refractivity contribution in [2.45, 2.75) is 107 Å². The number of carbonyl (C=O) groups excluding carboxylic acids is 1. The summed E-state index contributed by atoms with van der Waals surface area (Å²) in [6.45, 7) is 11.5. The number of sulfonamides is 1. The molecule has 1 amide bonds. The maximum Gasteiger partial charge on any atom is 0.312 e. The van der Waals surface area contributed by atoms with Gasteiger partial charge in [0.05, 0.1) is 34.8 Å². The first kappa shape index (κ1) is 56.4. The average Bonchev–Trinajstić information content (AvgIpc) is 3.83. The molecule has 4 fully saturated rings. The summed E-state index contributed by atoms with van der Waals surface area (Å²) in [5, 5.41) is 25.7. The lowest BCUT2D eigenvalue weighted by molar-refractivity contribution is -0.384. The van der Waals surface area contributed by atoms with E-state index < -0.39 is 52.8 Å². The van der Waals surface area contributed by atoms with Crippen molar-refractivity contribution in [1.29, 1.82) is 4.78 Å². The standard InChI is InChI=1S/C57H70FN11O9S2/c1-36(2)43-8-6-7-9-44(43)49-35-66(34-38-10-12-39(13-11-38)64-79(5,59)74)24-25-68(49)41-29-57(30-41)20-22-67(23-21-57)40-14-15-45(50(26-40)78-51-28-46-47(58)33-62-52(46)63-55(51)77-4)54(70)65-80(75,76)42-27-48(69(72)73)53(61-32-42)60-31-37-16-18-56(3,71)19-17-37/h6-15,26-28,32-33,36-37,41,49,71H,16-25,29-31,34-35H2,1-5H3,(H,60,61)(H,62,63)(H,65,70)(H2,59,64,74)/t37?,49-,56?,79?/m0/s1. The minimum atomic E-state index is -4.76. The number of H-pyrrole nitrogens is 1. The van der Waals surface area contributed by atoms with Crippen LogP contribution in [-0.2, 0) is 26.5 Å². The number of ether oxygens (including phenoxy) is 2. The van der Waals surface area contributed by atoms with E-state index in [0.717, 1.165) is 75.9 Å². The Morgan fingerprint density at radius 3 is 2.40 bits per heavy atom. The number of aromatic amines is 1. The third-order valence-electron chi connectivity index (χ3n) is 16.6. The van der Waals surface area contributed by atoms with E-state index >= 15 is 0 Å². The molecule has 2 aliphatic heterocycles. The van der Waals surface area contributed by atoms with Gasteiger partial charge in [-0.05, 0) is 116 Å². The number of hydrogen-bond donors (Lipinski definition) is 6. The van der Waals surface area contributed by atoms with Crippen molar-refractivity contribution in [3.63, 3.8) is 0 Å². The molecular formula is C57H70FN11O9S2. The molecular weight excluding hydrogens is 1070 g/mol. The van der Waals surface area contributed by atoms with Crippen LogP contribution in [0.3, 0.4) is 0 Å². The summed E-state index contributed by atoms with van der Waals surface area (Å²) in [6.07, 6.45) is 9.99. The van der Waals surface area contributed by atoms with Gasteiger partial charge in [0, 0.05) is 99.9 Å². The highest BCUT2D eigenvalue weighted by Gasteiger charge is 2.50. The van der Waals surface area contributed by atoms with E-state index in [1.165, 1.54) is 36.6 Å². The van der Waals surface area contributed by atoms with Crippen LogP contribution in [0.4, 0.5) is 27.3 Å². The molecule has 20 nitrogen and oxygen atoms in total. The Balaban J connectivity index is 0.849. The zero-order valence-corrected chi connectivity index (χ0v) is 47.3. The molecule has 6 aromatic rings. The predicted molar refractivity (Wildman–Crippen MR) is 305 cm³/mol. The number of aliphatic hydroxyl groups is 1. The molecule has 1 unspecified atom stereocenters. The van der Waals surface area contributed by atoms with Crippen LogP contribution in [0, 0.1) is 32.0 Å². The van der Waals surface area contributed by atoms with Crippen LogP contribution in [0.5, 0.6) is 17.4 Å². The topological polar surface area (TPSA) is 261 Å². The molecule has 0 radical (unpaired) electrons. The highest BCUT2D eigenvalue weighted by molar-refractivity contribution is 7.93. The normalized spacial score (nSPS) is 21.7. The smallest absolute Gasteiger partial charge is 0.312 e. The van der Waals surface area contributed by atoms with Gasteiger partial charge in [0.2, 0.25) is 5.82 Å². The predicted octanol–water partition coefficient (Wildman–Crippen LogP) is 9.71. The van der Waals surface area contributed by atoms with Gasteiger partial charge in [0.15, 0.2) is 5.75 Å². The van der Waals surface area contributed by atoms with Gasteiger partial charge >= 0.3 is 5.69 Å². The Hall–Kier alpha value is -6.92. The zero-order valence-electron chi connectivity index (χ0n) is 45.7. The lowest BCUT2D eigenvalue weighted by atomic mass is 9.59. The minimum Gasteiger partial charge on any atom is -0.478 e. The van der Waals surface area contributed by atoms with Gasteiger partial charge in [0.1, 0.15) is 32.0 Å². The summed E-state index contributed by atoms with van der Waals surface area (Å²) in [5.74, 6) is -1.48. The number of fused-ring (bicyclic) bond motifs is 1. The van der Waals surface area contributed by atoms with Crippen LogP contribution in [0.1, 0.15) is 111 Å². The number of amides is 1. The number of piperidine rings is 1. The molecule has 0 bridgehead atoms. The van der Waals surface area contributed by atoms with Crippen LogP contribution < -0.4 is 29.1 Å². The van der Waals surface area contributed by atoms with Gasteiger partial charge in [-0.2, -0.15) is 4.98 Å². The number of aromatic nitrogens is 3. The zero-order chi connectivity index (χ0) is 56.7. The summed E-state index contributed by atoms with van der Waals surface area (Å²) in [4.78, 5) is 43.8. The first-order valence-electron chi connectivity index (χ1n) is 27.2. The summed E-state index contributed by atoms with van der Waals surface area (Å²) in [6, 6.07) is 24.3. The lowest BCUT2D eigenvalue weighted by Gasteiger charge is -2.58. The molecule has 426 valence electrons. The highest BCUT2D eigenvalue weighted by Crippen LogP contribution is 2.53. The van der Waals surface area contributed by atoms with Crippen molar-refractivity contribution in [2.24, 2.45) is 11.3 Å². The second-order valence-corrected chi connectivity index (χ2v) is 26.4. The molecule has 2 aliphatic carbocycles. The molecule has 4 aliphatic rings. The molecule has 5 heterocycles. The molecule has 80 heavy (non-hydrogen) atoms. The van der Waals surface area contributed by atoms with E-state index in [2.05, 4.69) is 82.5 Å². The van der Waals surface area contributed by atoms with Crippen molar-refractivity contribution in [3.05, 3.63) is 129 Å². The first-order chi connectivity index (χ1) is 38.0. The monoisotopic (exact) mass is 1140 g/mol. The Bertz CT molecular complexity index is 3500. The molecule has 2 atom stereocenters. The maximum absolute atomic E-state index is 14.9. The number of pyridine rings is 2. The number of piperazine rings is 1. The third-order valence-corrected chi connectivity index (χ3v) is 18.6. The van der Waals surface area contributed by atoms with E-state index in [-0.39, 0.29) is 57.2 Å². The number of nitrogens with one attached hydrogen (secondary N) is 5. The van der Waals surface area contributed by atoms with Crippen molar-refractivity contribution in [2.75, 3.05) is 67.6 Å². The van der Waals surface area contributed by atoms with E-state index in [4.69, 9.17) is 14.3 Å². The van der Waals surface area contributed by atoms with Crippen LogP contribution in [-0.4, -0.2) is 118 Å². The largest absolute Gasteiger partial charge is 0.478 e. The van der Waals surface area contributed by atoms with Crippen molar-refractivity contribution in [3.8, 4) is 17.4 Å². The fourth-order valence-corrected chi connectivity index (χ4v) is 13.7. The molecule has 3 aromatic carbocycles. The molecule has 23 heteroatoms. The SMILES string of the molecule is COc1nc2[nH]cc(F)c2cc1Oc1cc(N2CCC3(CC2)CC(N2CCN(Cc4ccc(NS(C)(=N)=O)cc4)C[C@H]2c2ccccc2C(C)C)C3)ccc1C(=O)NS(=O)(=O)c1cnc(NCC2CCC(C)(O)CC2)c([N+](=O)[O-])c1.